The summed E-state index contributed by atoms with van der Waals surface area (Å²) < 4.78 is 0.875. The molecule has 0 spiro atoms. The Hall–Kier alpha value is -2.38. The molecule has 0 radical (unpaired) electrons. The zero-order valence-electron chi connectivity index (χ0n) is 16.6. The maximum atomic E-state index is 12.6. The van der Waals surface area contributed by atoms with Gasteiger partial charge in [-0.15, -0.1) is 0 Å². The number of urea groups is 1. The average Bonchev–Trinajstić information content (AvgIpc) is 2.70. The largest absolute Gasteiger partial charge is 0.336 e. The number of piperidine rings is 1. The molecule has 1 atom stereocenters. The van der Waals surface area contributed by atoms with E-state index in [-0.39, 0.29) is 18.0 Å². The fourth-order valence-electron chi connectivity index (χ4n) is 3.50. The van der Waals surface area contributed by atoms with Crippen LogP contribution in [-0.4, -0.2) is 42.5 Å². The Kier molecular flexibility index (Phi) is 7.66. The van der Waals surface area contributed by atoms with E-state index in [0.717, 1.165) is 47.2 Å². The lowest BCUT2D eigenvalue weighted by Crippen LogP contribution is -2.49. The van der Waals surface area contributed by atoms with Gasteiger partial charge >= 0.3 is 6.03 Å². The predicted octanol–water partition coefficient (Wildman–Crippen LogP) is 4.37. The molecule has 6 nitrogen and oxygen atoms in total. The van der Waals surface area contributed by atoms with Crippen molar-refractivity contribution in [2.24, 2.45) is 0 Å². The van der Waals surface area contributed by atoms with Crippen LogP contribution in [-0.2, 0) is 4.79 Å². The van der Waals surface area contributed by atoms with Gasteiger partial charge in [0, 0.05) is 22.7 Å². The number of rotatable bonds is 6. The smallest absolute Gasteiger partial charge is 0.319 e. The van der Waals surface area contributed by atoms with Gasteiger partial charge in [0.15, 0.2) is 0 Å². The van der Waals surface area contributed by atoms with Crippen LogP contribution in [0.3, 0.4) is 0 Å². The van der Waals surface area contributed by atoms with Crippen molar-refractivity contribution < 1.29 is 9.59 Å². The Labute approximate surface area is 180 Å². The van der Waals surface area contributed by atoms with Gasteiger partial charge in [-0.05, 0) is 72.1 Å². The molecule has 1 aliphatic heterocycles. The van der Waals surface area contributed by atoms with Crippen molar-refractivity contribution in [3.63, 3.8) is 0 Å². The molecular formula is C22H27BrN4O2. The third kappa shape index (κ3) is 6.58. The molecule has 0 saturated carbocycles. The molecule has 1 fully saturated rings. The molecule has 0 bridgehead atoms. The van der Waals surface area contributed by atoms with Gasteiger partial charge in [-0.3, -0.25) is 9.69 Å². The summed E-state index contributed by atoms with van der Waals surface area (Å²) in [5.74, 6) is -0.0461. The summed E-state index contributed by atoms with van der Waals surface area (Å²) >= 11 is 3.50. The first-order chi connectivity index (χ1) is 14.0. The molecule has 1 aliphatic rings. The van der Waals surface area contributed by atoms with Crippen LogP contribution in [0, 0.1) is 6.92 Å². The summed E-state index contributed by atoms with van der Waals surface area (Å²) in [7, 11) is 0. The SMILES string of the molecule is Cc1ccc(NC(=O)CN2CCCCC2CNC(=O)Nc2ccccc2)c(Br)c1. The average molecular weight is 459 g/mol. The highest BCUT2D eigenvalue weighted by Crippen LogP contribution is 2.23. The second-order valence-corrected chi connectivity index (χ2v) is 8.21. The number of benzene rings is 2. The Bertz CT molecular complexity index is 844. The highest BCUT2D eigenvalue weighted by atomic mass is 79.9. The first-order valence-corrected chi connectivity index (χ1v) is 10.7. The summed E-state index contributed by atoms with van der Waals surface area (Å²) in [6, 6.07) is 15.1. The Morgan fingerprint density at radius 1 is 1.10 bits per heavy atom. The zero-order valence-corrected chi connectivity index (χ0v) is 18.2. The number of amides is 3. The van der Waals surface area contributed by atoms with Gasteiger partial charge in [-0.1, -0.05) is 30.7 Å². The predicted molar refractivity (Wildman–Crippen MR) is 120 cm³/mol. The highest BCUT2D eigenvalue weighted by Gasteiger charge is 2.25. The molecule has 3 amide bonds. The van der Waals surface area contributed by atoms with Crippen molar-refractivity contribution in [2.45, 2.75) is 32.2 Å². The minimum atomic E-state index is -0.227. The lowest BCUT2D eigenvalue weighted by atomic mass is 10.0. The Morgan fingerprint density at radius 3 is 2.66 bits per heavy atom. The summed E-state index contributed by atoms with van der Waals surface area (Å²) in [5, 5.41) is 8.74. The number of nitrogens with one attached hydrogen (secondary N) is 3. The molecule has 0 aromatic heterocycles. The van der Waals surface area contributed by atoms with Crippen molar-refractivity contribution in [2.75, 3.05) is 30.3 Å². The van der Waals surface area contributed by atoms with Gasteiger partial charge in [-0.2, -0.15) is 0 Å². The molecule has 7 heteroatoms. The van der Waals surface area contributed by atoms with Crippen LogP contribution >= 0.6 is 15.9 Å². The number of nitrogens with zero attached hydrogens (tertiary/aromatic N) is 1. The van der Waals surface area contributed by atoms with Crippen molar-refractivity contribution in [3.05, 3.63) is 58.6 Å². The van der Waals surface area contributed by atoms with Crippen LogP contribution in [0.15, 0.2) is 53.0 Å². The fourth-order valence-corrected chi connectivity index (χ4v) is 4.09. The molecule has 3 N–H and O–H groups in total. The van der Waals surface area contributed by atoms with E-state index in [9.17, 15) is 9.59 Å². The number of para-hydroxylation sites is 1. The number of carbonyl (C=O) groups excluding carboxylic acids is 2. The first-order valence-electron chi connectivity index (χ1n) is 9.91. The normalized spacial score (nSPS) is 16.8. The van der Waals surface area contributed by atoms with Crippen LogP contribution in [0.5, 0.6) is 0 Å². The lowest BCUT2D eigenvalue weighted by molar-refractivity contribution is -0.118. The van der Waals surface area contributed by atoms with Crippen molar-refractivity contribution in [1.29, 1.82) is 0 Å². The standard InChI is InChI=1S/C22H27BrN4O2/c1-16-10-11-20(19(23)13-16)26-21(28)15-27-12-6-5-9-18(27)14-24-22(29)25-17-7-3-2-4-8-17/h2-4,7-8,10-11,13,18H,5-6,9,12,14-15H2,1H3,(H,26,28)(H2,24,25,29). The first kappa shape index (κ1) is 21.3. The van der Waals surface area contributed by atoms with E-state index >= 15 is 0 Å². The minimum Gasteiger partial charge on any atom is -0.336 e. The molecule has 3 rings (SSSR count). The van der Waals surface area contributed by atoms with E-state index in [1.165, 1.54) is 0 Å². The number of hydrogen-bond donors (Lipinski definition) is 3. The summed E-state index contributed by atoms with van der Waals surface area (Å²) in [5.41, 5.74) is 2.66. The number of anilines is 2. The molecular weight excluding hydrogens is 432 g/mol. The summed E-state index contributed by atoms with van der Waals surface area (Å²) in [6.45, 7) is 3.69. The zero-order chi connectivity index (χ0) is 20.6. The Morgan fingerprint density at radius 2 is 1.90 bits per heavy atom. The number of halogens is 1. The van der Waals surface area contributed by atoms with E-state index < -0.39 is 0 Å². The molecule has 1 heterocycles. The van der Waals surface area contributed by atoms with Crippen LogP contribution in [0.4, 0.5) is 16.2 Å². The number of likely N-dealkylation sites (tertiary alicyclic amines) is 1. The maximum Gasteiger partial charge on any atom is 0.319 e. The van der Waals surface area contributed by atoms with Gasteiger partial charge in [0.2, 0.25) is 5.91 Å². The highest BCUT2D eigenvalue weighted by molar-refractivity contribution is 9.10. The second-order valence-electron chi connectivity index (χ2n) is 7.35. The molecule has 2 aromatic carbocycles. The lowest BCUT2D eigenvalue weighted by Gasteiger charge is -2.35. The molecule has 1 saturated heterocycles. The summed E-state index contributed by atoms with van der Waals surface area (Å²) in [6.07, 6.45) is 3.13. The van der Waals surface area contributed by atoms with E-state index in [1.807, 2.05) is 55.5 Å². The number of hydrogen-bond acceptors (Lipinski definition) is 3. The third-order valence-electron chi connectivity index (χ3n) is 5.02. The van der Waals surface area contributed by atoms with E-state index in [2.05, 4.69) is 36.8 Å². The van der Waals surface area contributed by atoms with Gasteiger partial charge in [0.1, 0.15) is 0 Å². The summed E-state index contributed by atoms with van der Waals surface area (Å²) in [4.78, 5) is 26.9. The van der Waals surface area contributed by atoms with Gasteiger partial charge in [0.05, 0.1) is 12.2 Å². The van der Waals surface area contributed by atoms with Gasteiger partial charge in [0.25, 0.3) is 0 Å². The van der Waals surface area contributed by atoms with E-state index in [4.69, 9.17) is 0 Å². The van der Waals surface area contributed by atoms with Crippen LogP contribution in [0.1, 0.15) is 24.8 Å². The Balaban J connectivity index is 1.51. The molecule has 29 heavy (non-hydrogen) atoms. The third-order valence-corrected chi connectivity index (χ3v) is 5.68. The van der Waals surface area contributed by atoms with Gasteiger partial charge in [-0.25, -0.2) is 4.79 Å². The van der Waals surface area contributed by atoms with Crippen LogP contribution in [0.25, 0.3) is 0 Å². The second kappa shape index (κ2) is 10.4. The fraction of sp³-hybridized carbons (Fsp3) is 0.364. The van der Waals surface area contributed by atoms with E-state index in [1.54, 1.807) is 0 Å². The van der Waals surface area contributed by atoms with Gasteiger partial charge < -0.3 is 16.0 Å². The van der Waals surface area contributed by atoms with Crippen molar-refractivity contribution in [3.8, 4) is 0 Å². The number of carbonyl (C=O) groups is 2. The molecule has 1 unspecified atom stereocenters. The van der Waals surface area contributed by atoms with E-state index in [0.29, 0.717) is 13.1 Å². The molecule has 0 aliphatic carbocycles. The van der Waals surface area contributed by atoms with Crippen molar-refractivity contribution in [1.82, 2.24) is 10.2 Å². The minimum absolute atomic E-state index is 0.0461. The van der Waals surface area contributed by atoms with Crippen LogP contribution < -0.4 is 16.0 Å². The monoisotopic (exact) mass is 458 g/mol. The molecule has 154 valence electrons. The van der Waals surface area contributed by atoms with Crippen molar-refractivity contribution >= 4 is 39.2 Å². The topological polar surface area (TPSA) is 73.5 Å². The maximum absolute atomic E-state index is 12.6. The quantitative estimate of drug-likeness (QED) is 0.601. The molecule has 2 aromatic rings. The number of aryl methyl sites for hydroxylation is 1. The van der Waals surface area contributed by atoms with Crippen LogP contribution in [0.2, 0.25) is 0 Å².